The molecule has 7 heteroatoms. The van der Waals surface area contributed by atoms with Crippen molar-refractivity contribution in [2.24, 2.45) is 5.92 Å². The molecule has 0 bridgehead atoms. The van der Waals surface area contributed by atoms with E-state index in [2.05, 4.69) is 10.2 Å². The highest BCUT2D eigenvalue weighted by molar-refractivity contribution is 5.52. The zero-order chi connectivity index (χ0) is 17.3. The summed E-state index contributed by atoms with van der Waals surface area (Å²) in [7, 11) is 0. The molecule has 0 aliphatic carbocycles. The third kappa shape index (κ3) is 3.61. The van der Waals surface area contributed by atoms with Crippen LogP contribution in [0.1, 0.15) is 37.3 Å². The summed E-state index contributed by atoms with van der Waals surface area (Å²) in [6.07, 6.45) is -3.45. The van der Waals surface area contributed by atoms with Gasteiger partial charge in [-0.15, -0.1) is 10.2 Å². The number of likely N-dealkylation sites (tertiary alicyclic amines) is 1. The molecule has 2 heterocycles. The Hall–Kier alpha value is -1.89. The van der Waals surface area contributed by atoms with Crippen LogP contribution in [0.15, 0.2) is 28.7 Å². The predicted octanol–water partition coefficient (Wildman–Crippen LogP) is 4.38. The van der Waals surface area contributed by atoms with Crippen LogP contribution in [0.4, 0.5) is 13.2 Å². The Labute approximate surface area is 138 Å². The summed E-state index contributed by atoms with van der Waals surface area (Å²) in [5.74, 6) is -0.539. The van der Waals surface area contributed by atoms with Gasteiger partial charge in [0, 0.05) is 12.1 Å². The number of aromatic nitrogens is 2. The number of hydrogen-bond acceptors (Lipinski definition) is 4. The largest absolute Gasteiger partial charge is 0.419 e. The van der Waals surface area contributed by atoms with Gasteiger partial charge in [0.25, 0.3) is 0 Å². The lowest BCUT2D eigenvalue weighted by atomic mass is 9.96. The Bertz CT molecular complexity index is 681. The Morgan fingerprint density at radius 3 is 2.58 bits per heavy atom. The third-order valence-electron chi connectivity index (χ3n) is 4.56. The second-order valence-electron chi connectivity index (χ2n) is 6.36. The van der Waals surface area contributed by atoms with E-state index >= 15 is 0 Å². The fraction of sp³-hybridized carbons (Fsp3) is 0.529. The Morgan fingerprint density at radius 1 is 1.21 bits per heavy atom. The van der Waals surface area contributed by atoms with E-state index < -0.39 is 12.1 Å². The van der Waals surface area contributed by atoms with Crippen molar-refractivity contribution in [3.8, 4) is 11.5 Å². The number of rotatable bonds is 3. The first-order valence-corrected chi connectivity index (χ1v) is 8.06. The van der Waals surface area contributed by atoms with Crippen molar-refractivity contribution >= 4 is 0 Å². The number of hydrogen-bond donors (Lipinski definition) is 0. The van der Waals surface area contributed by atoms with Crippen LogP contribution in [0.25, 0.3) is 11.5 Å². The van der Waals surface area contributed by atoms with Crippen molar-refractivity contribution in [2.75, 3.05) is 13.1 Å². The van der Waals surface area contributed by atoms with Gasteiger partial charge in [-0.05, 0) is 45.4 Å². The summed E-state index contributed by atoms with van der Waals surface area (Å²) >= 11 is 0. The predicted molar refractivity (Wildman–Crippen MR) is 83.2 cm³/mol. The lowest BCUT2D eigenvalue weighted by Gasteiger charge is -2.36. The fourth-order valence-corrected chi connectivity index (χ4v) is 3.00. The summed E-state index contributed by atoms with van der Waals surface area (Å²) < 4.78 is 44.6. The topological polar surface area (TPSA) is 42.2 Å². The molecule has 3 rings (SSSR count). The van der Waals surface area contributed by atoms with Gasteiger partial charge in [-0.1, -0.05) is 17.7 Å². The number of aryl methyl sites for hydroxylation is 1. The summed E-state index contributed by atoms with van der Waals surface area (Å²) in [4.78, 5) is 1.77. The summed E-state index contributed by atoms with van der Waals surface area (Å²) in [6.45, 7) is 4.38. The van der Waals surface area contributed by atoms with E-state index in [-0.39, 0.29) is 19.0 Å². The lowest BCUT2D eigenvalue weighted by Crippen LogP contribution is -2.42. The van der Waals surface area contributed by atoms with Crippen LogP contribution >= 0.6 is 0 Å². The molecule has 0 radical (unpaired) electrons. The quantitative estimate of drug-likeness (QED) is 0.832. The van der Waals surface area contributed by atoms with E-state index in [9.17, 15) is 13.2 Å². The standard InChI is InChI=1S/C17H20F3N3O/c1-11-5-7-13(8-6-11)16-22-21-15(24-16)12(2)23-9-3-4-14(10-23)17(18,19)20/h5-8,12,14H,3-4,9-10H2,1-2H3/t12-,14-/m1/s1. The second-order valence-corrected chi connectivity index (χ2v) is 6.36. The maximum Gasteiger partial charge on any atom is 0.393 e. The Kier molecular flexibility index (Phi) is 4.62. The monoisotopic (exact) mass is 339 g/mol. The van der Waals surface area contributed by atoms with Gasteiger partial charge in [0.2, 0.25) is 11.8 Å². The summed E-state index contributed by atoms with van der Waals surface area (Å²) in [6, 6.07) is 7.33. The van der Waals surface area contributed by atoms with Gasteiger partial charge in [-0.25, -0.2) is 0 Å². The Morgan fingerprint density at radius 2 is 1.92 bits per heavy atom. The highest BCUT2D eigenvalue weighted by atomic mass is 19.4. The normalized spacial score (nSPS) is 21.0. The molecule has 0 unspecified atom stereocenters. The molecular formula is C17H20F3N3O. The molecule has 1 aliphatic heterocycles. The zero-order valence-electron chi connectivity index (χ0n) is 13.7. The van der Waals surface area contributed by atoms with Crippen LogP contribution in [-0.4, -0.2) is 34.4 Å². The smallest absolute Gasteiger partial charge is 0.393 e. The average Bonchev–Trinajstić information content (AvgIpc) is 3.04. The first-order valence-electron chi connectivity index (χ1n) is 8.06. The first-order chi connectivity index (χ1) is 11.3. The molecule has 4 nitrogen and oxygen atoms in total. The highest BCUT2D eigenvalue weighted by Crippen LogP contribution is 2.36. The van der Waals surface area contributed by atoms with Gasteiger partial charge in [-0.3, -0.25) is 4.90 Å². The molecule has 24 heavy (non-hydrogen) atoms. The molecule has 0 amide bonds. The summed E-state index contributed by atoms with van der Waals surface area (Å²) in [5.41, 5.74) is 1.93. The van der Waals surface area contributed by atoms with E-state index in [1.165, 1.54) is 0 Å². The van der Waals surface area contributed by atoms with Crippen LogP contribution in [0.2, 0.25) is 0 Å². The maximum atomic E-state index is 13.0. The van der Waals surface area contributed by atoms with Gasteiger partial charge in [0.05, 0.1) is 12.0 Å². The zero-order valence-corrected chi connectivity index (χ0v) is 13.7. The molecule has 0 N–H and O–H groups in total. The molecule has 1 aromatic heterocycles. The minimum atomic E-state index is -4.15. The van der Waals surface area contributed by atoms with Crippen molar-refractivity contribution in [3.63, 3.8) is 0 Å². The molecular weight excluding hydrogens is 319 g/mol. The third-order valence-corrected chi connectivity index (χ3v) is 4.56. The van der Waals surface area contributed by atoms with Crippen molar-refractivity contribution in [3.05, 3.63) is 35.7 Å². The molecule has 0 spiro atoms. The van der Waals surface area contributed by atoms with Crippen LogP contribution in [0.3, 0.4) is 0 Å². The number of benzene rings is 1. The van der Waals surface area contributed by atoms with Gasteiger partial charge in [-0.2, -0.15) is 13.2 Å². The molecule has 130 valence electrons. The number of alkyl halides is 3. The molecule has 1 saturated heterocycles. The van der Waals surface area contributed by atoms with Crippen molar-refractivity contribution in [1.29, 1.82) is 0 Å². The van der Waals surface area contributed by atoms with E-state index in [4.69, 9.17) is 4.42 Å². The van der Waals surface area contributed by atoms with Gasteiger partial charge < -0.3 is 4.42 Å². The molecule has 1 aliphatic rings. The molecule has 2 aromatic rings. The van der Waals surface area contributed by atoms with Gasteiger partial charge >= 0.3 is 6.18 Å². The van der Waals surface area contributed by atoms with Crippen LogP contribution in [-0.2, 0) is 0 Å². The van der Waals surface area contributed by atoms with Gasteiger partial charge in [0.15, 0.2) is 0 Å². The fourth-order valence-electron chi connectivity index (χ4n) is 3.00. The minimum absolute atomic E-state index is 0.0209. The second kappa shape index (κ2) is 6.55. The van der Waals surface area contributed by atoms with Crippen molar-refractivity contribution in [1.82, 2.24) is 15.1 Å². The highest BCUT2D eigenvalue weighted by Gasteiger charge is 2.43. The SMILES string of the molecule is Cc1ccc(-c2nnc([C@@H](C)N3CCC[C@@H](C(F)(F)F)C3)o2)cc1. The van der Waals surface area contributed by atoms with E-state index in [0.717, 1.165) is 11.1 Å². The lowest BCUT2D eigenvalue weighted by molar-refractivity contribution is -0.188. The molecule has 0 saturated carbocycles. The van der Waals surface area contributed by atoms with Crippen LogP contribution in [0, 0.1) is 12.8 Å². The molecule has 2 atom stereocenters. The van der Waals surface area contributed by atoms with E-state index in [1.807, 2.05) is 38.1 Å². The van der Waals surface area contributed by atoms with Crippen LogP contribution in [0.5, 0.6) is 0 Å². The molecule has 1 aromatic carbocycles. The van der Waals surface area contributed by atoms with Gasteiger partial charge in [0.1, 0.15) is 0 Å². The van der Waals surface area contributed by atoms with Crippen molar-refractivity contribution in [2.45, 2.75) is 38.9 Å². The summed E-state index contributed by atoms with van der Waals surface area (Å²) in [5, 5.41) is 8.07. The minimum Gasteiger partial charge on any atom is -0.419 e. The molecule has 1 fully saturated rings. The van der Waals surface area contributed by atoms with Crippen molar-refractivity contribution < 1.29 is 17.6 Å². The van der Waals surface area contributed by atoms with E-state index in [1.54, 1.807) is 4.90 Å². The first kappa shape index (κ1) is 17.0. The number of nitrogens with zero attached hydrogens (tertiary/aromatic N) is 3. The average molecular weight is 339 g/mol. The van der Waals surface area contributed by atoms with Crippen LogP contribution < -0.4 is 0 Å². The Balaban J connectivity index is 1.73. The number of piperidine rings is 1. The van der Waals surface area contributed by atoms with E-state index in [0.29, 0.717) is 24.7 Å². The number of halogens is 3. The maximum absolute atomic E-state index is 13.0.